The summed E-state index contributed by atoms with van der Waals surface area (Å²) >= 11 is 3.34. The number of nitrogens with one attached hydrogen (secondary N) is 1. The van der Waals surface area contributed by atoms with Crippen LogP contribution in [0.5, 0.6) is 0 Å². The highest BCUT2D eigenvalue weighted by atomic mass is 79.9. The third kappa shape index (κ3) is 1.87. The highest BCUT2D eigenvalue weighted by molar-refractivity contribution is 9.10. The number of hydrogen-bond acceptors (Lipinski definition) is 1. The van der Waals surface area contributed by atoms with Crippen molar-refractivity contribution in [2.75, 3.05) is 0 Å². The maximum atomic E-state index is 4.17. The van der Waals surface area contributed by atoms with Gasteiger partial charge < -0.3 is 0 Å². The largest absolute Gasteiger partial charge is 0.271 e. The topological polar surface area (TPSA) is 28.7 Å². The van der Waals surface area contributed by atoms with E-state index in [-0.39, 0.29) is 0 Å². The number of aryl methyl sites for hydroxylation is 1. The summed E-state index contributed by atoms with van der Waals surface area (Å²) < 4.78 is 0.909. The Morgan fingerprint density at radius 1 is 1.29 bits per heavy atom. The smallest absolute Gasteiger partial charge is 0.101 e. The third-order valence-electron chi connectivity index (χ3n) is 2.20. The molecule has 0 aliphatic carbocycles. The first-order chi connectivity index (χ1) is 6.79. The molecule has 0 atom stereocenters. The first-order valence-corrected chi connectivity index (χ1v) is 5.39. The second-order valence-electron chi connectivity index (χ2n) is 3.15. The zero-order chi connectivity index (χ0) is 9.97. The monoisotopic (exact) mass is 250 g/mol. The number of rotatable bonds is 2. The van der Waals surface area contributed by atoms with Crippen molar-refractivity contribution in [2.24, 2.45) is 0 Å². The van der Waals surface area contributed by atoms with Crippen molar-refractivity contribution < 1.29 is 0 Å². The van der Waals surface area contributed by atoms with Gasteiger partial charge in [0.1, 0.15) is 4.60 Å². The Bertz CT molecular complexity index is 417. The van der Waals surface area contributed by atoms with Crippen molar-refractivity contribution in [3.8, 4) is 11.3 Å². The minimum Gasteiger partial charge on any atom is -0.271 e. The molecule has 0 saturated carbocycles. The summed E-state index contributed by atoms with van der Waals surface area (Å²) in [5.41, 5.74) is 3.46. The highest BCUT2D eigenvalue weighted by Gasteiger charge is 2.01. The number of halogens is 1. The van der Waals surface area contributed by atoms with Crippen LogP contribution in [0.3, 0.4) is 0 Å². The van der Waals surface area contributed by atoms with Gasteiger partial charge in [-0.1, -0.05) is 31.2 Å². The van der Waals surface area contributed by atoms with Gasteiger partial charge in [-0.2, -0.15) is 5.10 Å². The molecule has 0 saturated heterocycles. The van der Waals surface area contributed by atoms with E-state index in [1.54, 1.807) is 0 Å². The van der Waals surface area contributed by atoms with Gasteiger partial charge in [0.2, 0.25) is 0 Å². The average Bonchev–Trinajstić information content (AvgIpc) is 2.65. The Kier molecular flexibility index (Phi) is 2.68. The van der Waals surface area contributed by atoms with Crippen LogP contribution in [0.2, 0.25) is 0 Å². The van der Waals surface area contributed by atoms with E-state index in [9.17, 15) is 0 Å². The van der Waals surface area contributed by atoms with Crippen LogP contribution in [-0.2, 0) is 6.42 Å². The lowest BCUT2D eigenvalue weighted by atomic mass is 10.1. The summed E-state index contributed by atoms with van der Waals surface area (Å²) in [6, 6.07) is 10.4. The normalized spacial score (nSPS) is 10.4. The van der Waals surface area contributed by atoms with Gasteiger partial charge in [-0.05, 0) is 34.0 Å². The number of benzene rings is 1. The summed E-state index contributed by atoms with van der Waals surface area (Å²) in [7, 11) is 0. The maximum Gasteiger partial charge on any atom is 0.101 e. The van der Waals surface area contributed by atoms with Gasteiger partial charge in [-0.3, -0.25) is 5.10 Å². The van der Waals surface area contributed by atoms with E-state index in [1.165, 1.54) is 5.56 Å². The van der Waals surface area contributed by atoms with E-state index in [0.29, 0.717) is 0 Å². The van der Waals surface area contributed by atoms with Gasteiger partial charge in [-0.25, -0.2) is 0 Å². The molecule has 14 heavy (non-hydrogen) atoms. The molecule has 0 radical (unpaired) electrons. The molecule has 0 bridgehead atoms. The SMILES string of the molecule is CCc1ccc(-c2cc(Br)[nH]n2)cc1. The molecule has 2 nitrogen and oxygen atoms in total. The summed E-state index contributed by atoms with van der Waals surface area (Å²) in [6.45, 7) is 2.15. The van der Waals surface area contributed by atoms with Crippen molar-refractivity contribution in [2.45, 2.75) is 13.3 Å². The lowest BCUT2D eigenvalue weighted by molar-refractivity contribution is 1.07. The quantitative estimate of drug-likeness (QED) is 0.870. The van der Waals surface area contributed by atoms with E-state index in [1.807, 2.05) is 6.07 Å². The molecule has 0 unspecified atom stereocenters. The van der Waals surface area contributed by atoms with Crippen LogP contribution in [0.1, 0.15) is 12.5 Å². The van der Waals surface area contributed by atoms with Crippen molar-refractivity contribution >= 4 is 15.9 Å². The summed E-state index contributed by atoms with van der Waals surface area (Å²) in [5.74, 6) is 0. The van der Waals surface area contributed by atoms with Crippen LogP contribution >= 0.6 is 15.9 Å². The lowest BCUT2D eigenvalue weighted by Crippen LogP contribution is -1.81. The molecule has 1 aromatic carbocycles. The fraction of sp³-hybridized carbons (Fsp3) is 0.182. The molecule has 0 fully saturated rings. The number of aromatic amines is 1. The van der Waals surface area contributed by atoms with Crippen LogP contribution < -0.4 is 0 Å². The second kappa shape index (κ2) is 3.96. The molecule has 0 spiro atoms. The average molecular weight is 251 g/mol. The summed E-state index contributed by atoms with van der Waals surface area (Å²) in [5, 5.41) is 7.03. The molecule has 2 aromatic rings. The Hall–Kier alpha value is -1.09. The van der Waals surface area contributed by atoms with Crippen molar-refractivity contribution in [3.63, 3.8) is 0 Å². The molecule has 2 rings (SSSR count). The van der Waals surface area contributed by atoms with Crippen molar-refractivity contribution in [3.05, 3.63) is 40.5 Å². The molecule has 1 heterocycles. The standard InChI is InChI=1S/C11H11BrN2/c1-2-8-3-5-9(6-4-8)10-7-11(12)14-13-10/h3-7H,2H2,1H3,(H,13,14). The van der Waals surface area contributed by atoms with E-state index in [4.69, 9.17) is 0 Å². The van der Waals surface area contributed by atoms with E-state index < -0.39 is 0 Å². The third-order valence-corrected chi connectivity index (χ3v) is 2.61. The van der Waals surface area contributed by atoms with Crippen molar-refractivity contribution in [1.82, 2.24) is 10.2 Å². The zero-order valence-corrected chi connectivity index (χ0v) is 9.51. The fourth-order valence-electron chi connectivity index (χ4n) is 1.36. The van der Waals surface area contributed by atoms with Crippen LogP contribution in [0.25, 0.3) is 11.3 Å². The van der Waals surface area contributed by atoms with Crippen molar-refractivity contribution in [1.29, 1.82) is 0 Å². The molecular formula is C11H11BrN2. The predicted octanol–water partition coefficient (Wildman–Crippen LogP) is 3.40. The minimum atomic E-state index is 0.909. The second-order valence-corrected chi connectivity index (χ2v) is 4.01. The number of nitrogens with zero attached hydrogens (tertiary/aromatic N) is 1. The van der Waals surface area contributed by atoms with Gasteiger partial charge in [0, 0.05) is 5.56 Å². The molecule has 0 aliphatic heterocycles. The van der Waals surface area contributed by atoms with Gasteiger partial charge in [0.25, 0.3) is 0 Å². The first-order valence-electron chi connectivity index (χ1n) is 4.60. The van der Waals surface area contributed by atoms with Crippen LogP contribution in [-0.4, -0.2) is 10.2 Å². The van der Waals surface area contributed by atoms with E-state index in [2.05, 4.69) is 57.3 Å². The molecule has 0 amide bonds. The first kappa shape index (κ1) is 9.46. The number of H-pyrrole nitrogens is 1. The van der Waals surface area contributed by atoms with Crippen LogP contribution in [0.4, 0.5) is 0 Å². The van der Waals surface area contributed by atoms with Gasteiger partial charge in [-0.15, -0.1) is 0 Å². The zero-order valence-electron chi connectivity index (χ0n) is 7.92. The maximum absolute atomic E-state index is 4.17. The molecule has 1 N–H and O–H groups in total. The lowest BCUT2D eigenvalue weighted by Gasteiger charge is -1.98. The number of aromatic nitrogens is 2. The Labute approximate surface area is 91.5 Å². The van der Waals surface area contributed by atoms with E-state index in [0.717, 1.165) is 22.3 Å². The Morgan fingerprint density at radius 3 is 2.50 bits per heavy atom. The minimum absolute atomic E-state index is 0.909. The molecular weight excluding hydrogens is 240 g/mol. The van der Waals surface area contributed by atoms with Crippen LogP contribution in [0, 0.1) is 0 Å². The molecule has 0 aliphatic rings. The molecule has 3 heteroatoms. The fourth-order valence-corrected chi connectivity index (χ4v) is 1.66. The summed E-state index contributed by atoms with van der Waals surface area (Å²) in [4.78, 5) is 0. The Balaban J connectivity index is 2.33. The van der Waals surface area contributed by atoms with Gasteiger partial charge in [0.05, 0.1) is 5.69 Å². The van der Waals surface area contributed by atoms with Crippen LogP contribution in [0.15, 0.2) is 34.9 Å². The number of hydrogen-bond donors (Lipinski definition) is 1. The van der Waals surface area contributed by atoms with E-state index >= 15 is 0 Å². The summed E-state index contributed by atoms with van der Waals surface area (Å²) in [6.07, 6.45) is 1.07. The highest BCUT2D eigenvalue weighted by Crippen LogP contribution is 2.20. The van der Waals surface area contributed by atoms with Gasteiger partial charge >= 0.3 is 0 Å². The molecule has 1 aromatic heterocycles. The molecule has 72 valence electrons. The predicted molar refractivity (Wildman–Crippen MR) is 61.1 cm³/mol. The van der Waals surface area contributed by atoms with Gasteiger partial charge in [0.15, 0.2) is 0 Å². The Morgan fingerprint density at radius 2 is 2.00 bits per heavy atom.